The highest BCUT2D eigenvalue weighted by atomic mass is 19.1. The van der Waals surface area contributed by atoms with E-state index in [1.54, 1.807) is 18.2 Å². The Kier molecular flexibility index (Phi) is 8.92. The SMILES string of the molecule is COc1cc(/C=N\NC(=O)C(=O)NC[C@H]2CCCO2)ccc1OCC(=O)Nc1ccc(F)cc1. The average Bonchev–Trinajstić information content (AvgIpc) is 3.36. The molecule has 1 atom stereocenters. The van der Waals surface area contributed by atoms with Crippen molar-refractivity contribution < 1.29 is 33.0 Å². The fourth-order valence-electron chi connectivity index (χ4n) is 3.07. The molecule has 1 aliphatic rings. The quantitative estimate of drug-likeness (QED) is 0.289. The van der Waals surface area contributed by atoms with Gasteiger partial charge in [-0.25, -0.2) is 9.82 Å². The lowest BCUT2D eigenvalue weighted by Gasteiger charge is -2.11. The number of hydrogen-bond donors (Lipinski definition) is 3. The van der Waals surface area contributed by atoms with Crippen LogP contribution in [-0.4, -0.2) is 56.9 Å². The van der Waals surface area contributed by atoms with Gasteiger partial charge in [0, 0.05) is 18.8 Å². The van der Waals surface area contributed by atoms with E-state index in [0.29, 0.717) is 29.4 Å². The zero-order valence-electron chi connectivity index (χ0n) is 18.5. The molecule has 0 saturated carbocycles. The summed E-state index contributed by atoms with van der Waals surface area (Å²) in [4.78, 5) is 35.7. The molecule has 2 aromatic rings. The van der Waals surface area contributed by atoms with E-state index >= 15 is 0 Å². The monoisotopic (exact) mass is 472 g/mol. The van der Waals surface area contributed by atoms with Gasteiger partial charge in [-0.15, -0.1) is 0 Å². The zero-order chi connectivity index (χ0) is 24.3. The second kappa shape index (κ2) is 12.3. The first-order valence-corrected chi connectivity index (χ1v) is 10.5. The molecular weight excluding hydrogens is 447 g/mol. The van der Waals surface area contributed by atoms with E-state index in [0.717, 1.165) is 12.8 Å². The van der Waals surface area contributed by atoms with E-state index in [9.17, 15) is 18.8 Å². The van der Waals surface area contributed by atoms with Gasteiger partial charge in [0.1, 0.15) is 5.82 Å². The van der Waals surface area contributed by atoms with Crippen LogP contribution >= 0.6 is 0 Å². The van der Waals surface area contributed by atoms with Crippen LogP contribution in [0.3, 0.4) is 0 Å². The number of hydrazone groups is 1. The number of amides is 3. The lowest BCUT2D eigenvalue weighted by Crippen LogP contribution is -2.41. The maximum atomic E-state index is 12.9. The van der Waals surface area contributed by atoms with E-state index in [1.807, 2.05) is 0 Å². The van der Waals surface area contributed by atoms with Crippen LogP contribution in [0.25, 0.3) is 0 Å². The molecule has 0 aromatic heterocycles. The van der Waals surface area contributed by atoms with Gasteiger partial charge >= 0.3 is 11.8 Å². The van der Waals surface area contributed by atoms with Gasteiger partial charge in [0.2, 0.25) is 0 Å². The average molecular weight is 472 g/mol. The minimum absolute atomic E-state index is 0.0672. The fraction of sp³-hybridized carbons (Fsp3) is 0.304. The number of benzene rings is 2. The van der Waals surface area contributed by atoms with Crippen LogP contribution in [0.5, 0.6) is 11.5 Å². The highest BCUT2D eigenvalue weighted by Gasteiger charge is 2.19. The number of carbonyl (C=O) groups excluding carboxylic acids is 3. The molecule has 3 N–H and O–H groups in total. The van der Waals surface area contributed by atoms with E-state index < -0.39 is 23.5 Å². The highest BCUT2D eigenvalue weighted by molar-refractivity contribution is 6.35. The molecule has 10 nitrogen and oxygen atoms in total. The number of ether oxygens (including phenoxy) is 3. The fourth-order valence-corrected chi connectivity index (χ4v) is 3.07. The normalized spacial score (nSPS) is 15.1. The number of rotatable bonds is 9. The lowest BCUT2D eigenvalue weighted by molar-refractivity contribution is -0.139. The summed E-state index contributed by atoms with van der Waals surface area (Å²) in [5, 5.41) is 8.86. The number of hydrogen-bond acceptors (Lipinski definition) is 7. The third kappa shape index (κ3) is 7.55. The summed E-state index contributed by atoms with van der Waals surface area (Å²) in [6.45, 7) is 0.641. The van der Waals surface area contributed by atoms with Crippen molar-refractivity contribution in [3.63, 3.8) is 0 Å². The Morgan fingerprint density at radius 2 is 1.94 bits per heavy atom. The minimum atomic E-state index is -0.895. The number of nitrogens with zero attached hydrogens (tertiary/aromatic N) is 1. The molecule has 0 radical (unpaired) electrons. The van der Waals surface area contributed by atoms with Crippen molar-refractivity contribution in [2.75, 3.05) is 32.2 Å². The molecule has 0 aliphatic carbocycles. The zero-order valence-corrected chi connectivity index (χ0v) is 18.5. The summed E-state index contributed by atoms with van der Waals surface area (Å²) in [7, 11) is 1.43. The number of anilines is 1. The highest BCUT2D eigenvalue weighted by Crippen LogP contribution is 2.27. The molecule has 34 heavy (non-hydrogen) atoms. The number of nitrogens with one attached hydrogen (secondary N) is 3. The first-order chi connectivity index (χ1) is 16.4. The van der Waals surface area contributed by atoms with Gasteiger partial charge in [0.15, 0.2) is 18.1 Å². The van der Waals surface area contributed by atoms with Crippen molar-refractivity contribution in [3.8, 4) is 11.5 Å². The summed E-state index contributed by atoms with van der Waals surface area (Å²) in [6, 6.07) is 10.1. The van der Waals surface area contributed by atoms with Gasteiger partial charge in [0.05, 0.1) is 19.4 Å². The molecule has 1 aliphatic heterocycles. The molecule has 180 valence electrons. The van der Waals surface area contributed by atoms with Crippen molar-refractivity contribution in [2.24, 2.45) is 5.10 Å². The summed E-state index contributed by atoms with van der Waals surface area (Å²) in [6.07, 6.45) is 3.05. The molecule has 11 heteroatoms. The van der Waals surface area contributed by atoms with Crippen molar-refractivity contribution >= 4 is 29.6 Å². The molecule has 1 fully saturated rings. The van der Waals surface area contributed by atoms with Crippen molar-refractivity contribution in [3.05, 3.63) is 53.8 Å². The van der Waals surface area contributed by atoms with E-state index in [2.05, 4.69) is 21.2 Å². The van der Waals surface area contributed by atoms with Gasteiger partial charge in [-0.05, 0) is 60.9 Å². The standard InChI is InChI=1S/C23H25FN4O6/c1-32-20-11-15(12-26-28-23(31)22(30)25-13-18-3-2-10-33-18)4-9-19(20)34-14-21(29)27-17-7-5-16(24)6-8-17/h4-9,11-12,18H,2-3,10,13-14H2,1H3,(H,25,30)(H,27,29)(H,28,31)/b26-12-/t18-/m1/s1. The summed E-state index contributed by atoms with van der Waals surface area (Å²) >= 11 is 0. The molecule has 3 amide bonds. The van der Waals surface area contributed by atoms with Crippen LogP contribution in [0, 0.1) is 5.82 Å². The predicted octanol–water partition coefficient (Wildman–Crippen LogP) is 1.60. The molecule has 1 saturated heterocycles. The molecule has 0 unspecified atom stereocenters. The Bertz CT molecular complexity index is 1040. The minimum Gasteiger partial charge on any atom is -0.493 e. The van der Waals surface area contributed by atoms with Crippen LogP contribution in [0.1, 0.15) is 18.4 Å². The maximum absolute atomic E-state index is 12.9. The van der Waals surface area contributed by atoms with E-state index in [4.69, 9.17) is 14.2 Å². The first-order valence-electron chi connectivity index (χ1n) is 10.5. The molecule has 0 spiro atoms. The second-order valence-electron chi connectivity index (χ2n) is 7.30. The maximum Gasteiger partial charge on any atom is 0.329 e. The summed E-state index contributed by atoms with van der Waals surface area (Å²) in [5.41, 5.74) is 3.15. The second-order valence-corrected chi connectivity index (χ2v) is 7.30. The van der Waals surface area contributed by atoms with Crippen LogP contribution in [0.2, 0.25) is 0 Å². The van der Waals surface area contributed by atoms with Crippen molar-refractivity contribution in [1.29, 1.82) is 0 Å². The summed E-state index contributed by atoms with van der Waals surface area (Å²) < 4.78 is 29.1. The molecular formula is C23H25FN4O6. The van der Waals surface area contributed by atoms with Crippen LogP contribution in [-0.2, 0) is 19.1 Å². The topological polar surface area (TPSA) is 127 Å². The number of methoxy groups -OCH3 is 1. The van der Waals surface area contributed by atoms with Crippen LogP contribution in [0.4, 0.5) is 10.1 Å². The largest absolute Gasteiger partial charge is 0.493 e. The molecule has 2 aromatic carbocycles. The van der Waals surface area contributed by atoms with Gasteiger partial charge in [-0.2, -0.15) is 5.10 Å². The van der Waals surface area contributed by atoms with Crippen molar-refractivity contribution in [2.45, 2.75) is 18.9 Å². The Morgan fingerprint density at radius 1 is 1.15 bits per heavy atom. The Labute approximate surface area is 195 Å². The van der Waals surface area contributed by atoms with Gasteiger partial charge in [-0.1, -0.05) is 0 Å². The number of carbonyl (C=O) groups is 3. The third-order valence-corrected chi connectivity index (χ3v) is 4.77. The molecule has 3 rings (SSSR count). The van der Waals surface area contributed by atoms with Crippen LogP contribution in [0.15, 0.2) is 47.6 Å². The lowest BCUT2D eigenvalue weighted by atomic mass is 10.2. The smallest absolute Gasteiger partial charge is 0.329 e. The Balaban J connectivity index is 1.47. The first kappa shape index (κ1) is 24.6. The Morgan fingerprint density at radius 3 is 2.65 bits per heavy atom. The van der Waals surface area contributed by atoms with Crippen molar-refractivity contribution in [1.82, 2.24) is 10.7 Å². The van der Waals surface area contributed by atoms with E-state index in [-0.39, 0.29) is 19.3 Å². The Hall–Kier alpha value is -3.99. The predicted molar refractivity (Wildman–Crippen MR) is 121 cm³/mol. The molecule has 1 heterocycles. The van der Waals surface area contributed by atoms with E-state index in [1.165, 1.54) is 37.6 Å². The van der Waals surface area contributed by atoms with Crippen LogP contribution < -0.4 is 25.5 Å². The van der Waals surface area contributed by atoms with Gasteiger partial charge in [0.25, 0.3) is 5.91 Å². The third-order valence-electron chi connectivity index (χ3n) is 4.77. The van der Waals surface area contributed by atoms with Gasteiger partial charge in [-0.3, -0.25) is 14.4 Å². The molecule has 0 bridgehead atoms. The van der Waals surface area contributed by atoms with Gasteiger partial charge < -0.3 is 24.8 Å². The number of halogens is 1. The summed E-state index contributed by atoms with van der Waals surface area (Å²) in [5.74, 6) is -1.88.